The lowest BCUT2D eigenvalue weighted by Crippen LogP contribution is -2.47. The maximum absolute atomic E-state index is 12.1. The second-order valence-corrected chi connectivity index (χ2v) is 6.52. The van der Waals surface area contributed by atoms with Crippen LogP contribution in [-0.4, -0.2) is 48.5 Å². The van der Waals surface area contributed by atoms with Gasteiger partial charge in [-0.25, -0.2) is 4.79 Å². The van der Waals surface area contributed by atoms with Crippen LogP contribution >= 0.6 is 0 Å². The average Bonchev–Trinajstić information content (AvgIpc) is 2.59. The predicted octanol–water partition coefficient (Wildman–Crippen LogP) is 2.37. The minimum Gasteiger partial charge on any atom is -0.450 e. The number of aryl methyl sites for hydroxylation is 2. The summed E-state index contributed by atoms with van der Waals surface area (Å²) in [5, 5.41) is 5.69. The smallest absolute Gasteiger partial charge is 0.409 e. The molecule has 142 valence electrons. The SMILES string of the molecule is CCOC(=O)N1CCC(NC(=O)CC(=O)Nc2c(C)cccc2C)CC1. The van der Waals surface area contributed by atoms with Gasteiger partial charge in [0, 0.05) is 24.8 Å². The van der Waals surface area contributed by atoms with Crippen molar-refractivity contribution in [3.8, 4) is 0 Å². The van der Waals surface area contributed by atoms with Crippen molar-refractivity contribution in [3.05, 3.63) is 29.3 Å². The molecule has 0 radical (unpaired) electrons. The van der Waals surface area contributed by atoms with Gasteiger partial charge in [-0.15, -0.1) is 0 Å². The zero-order chi connectivity index (χ0) is 19.1. The number of ether oxygens (including phenoxy) is 1. The van der Waals surface area contributed by atoms with Crippen LogP contribution in [0, 0.1) is 13.8 Å². The van der Waals surface area contributed by atoms with E-state index in [9.17, 15) is 14.4 Å². The van der Waals surface area contributed by atoms with Crippen LogP contribution in [0.5, 0.6) is 0 Å². The molecule has 0 atom stereocenters. The summed E-state index contributed by atoms with van der Waals surface area (Å²) in [5.41, 5.74) is 2.68. The van der Waals surface area contributed by atoms with Crippen molar-refractivity contribution in [3.63, 3.8) is 0 Å². The van der Waals surface area contributed by atoms with E-state index in [1.165, 1.54) is 0 Å². The van der Waals surface area contributed by atoms with Gasteiger partial charge in [0.25, 0.3) is 0 Å². The minimum atomic E-state index is -0.330. The van der Waals surface area contributed by atoms with Crippen molar-refractivity contribution < 1.29 is 19.1 Å². The first-order chi connectivity index (χ1) is 12.4. The zero-order valence-electron chi connectivity index (χ0n) is 15.6. The van der Waals surface area contributed by atoms with Gasteiger partial charge in [0.1, 0.15) is 6.42 Å². The van der Waals surface area contributed by atoms with Crippen molar-refractivity contribution in [2.24, 2.45) is 0 Å². The Kier molecular flexibility index (Phi) is 7.00. The standard InChI is InChI=1S/C19H27N3O4/c1-4-26-19(25)22-10-8-15(9-11-22)20-16(23)12-17(24)21-18-13(2)6-5-7-14(18)3/h5-7,15H,4,8-12H2,1-3H3,(H,20,23)(H,21,24). The molecule has 1 aromatic rings. The van der Waals surface area contributed by atoms with Crippen molar-refractivity contribution >= 4 is 23.6 Å². The lowest BCUT2D eigenvalue weighted by molar-refractivity contribution is -0.127. The Morgan fingerprint density at radius 2 is 1.73 bits per heavy atom. The first kappa shape index (κ1) is 19.8. The number of para-hydroxylation sites is 1. The Hall–Kier alpha value is -2.57. The molecule has 0 aromatic heterocycles. The van der Waals surface area contributed by atoms with Crippen LogP contribution in [0.15, 0.2) is 18.2 Å². The third-order valence-electron chi connectivity index (χ3n) is 4.45. The fourth-order valence-corrected chi connectivity index (χ4v) is 3.04. The minimum absolute atomic E-state index is 0.0267. The number of anilines is 1. The second kappa shape index (κ2) is 9.22. The summed E-state index contributed by atoms with van der Waals surface area (Å²) >= 11 is 0. The predicted molar refractivity (Wildman–Crippen MR) is 98.9 cm³/mol. The molecule has 3 amide bonds. The van der Waals surface area contributed by atoms with E-state index in [-0.39, 0.29) is 30.4 Å². The molecular weight excluding hydrogens is 334 g/mol. The van der Waals surface area contributed by atoms with Gasteiger partial charge in [0.15, 0.2) is 0 Å². The highest BCUT2D eigenvalue weighted by molar-refractivity contribution is 6.04. The number of nitrogens with one attached hydrogen (secondary N) is 2. The van der Waals surface area contributed by atoms with E-state index in [0.717, 1.165) is 16.8 Å². The van der Waals surface area contributed by atoms with Crippen LogP contribution in [0.4, 0.5) is 10.5 Å². The van der Waals surface area contributed by atoms with Crippen LogP contribution in [0.3, 0.4) is 0 Å². The van der Waals surface area contributed by atoms with Gasteiger partial charge >= 0.3 is 6.09 Å². The Morgan fingerprint density at radius 1 is 1.12 bits per heavy atom. The van der Waals surface area contributed by atoms with Crippen LogP contribution in [-0.2, 0) is 14.3 Å². The fraction of sp³-hybridized carbons (Fsp3) is 0.526. The van der Waals surface area contributed by atoms with E-state index in [1.807, 2.05) is 32.0 Å². The summed E-state index contributed by atoms with van der Waals surface area (Å²) in [7, 11) is 0. The van der Waals surface area contributed by atoms with Crippen molar-refractivity contribution in [1.29, 1.82) is 0 Å². The number of carbonyl (C=O) groups excluding carboxylic acids is 3. The summed E-state index contributed by atoms with van der Waals surface area (Å²) in [5.74, 6) is -0.632. The topological polar surface area (TPSA) is 87.7 Å². The normalized spacial score (nSPS) is 14.7. The third kappa shape index (κ3) is 5.47. The van der Waals surface area contributed by atoms with Crippen molar-refractivity contribution in [1.82, 2.24) is 10.2 Å². The Bertz CT molecular complexity index is 646. The Balaban J connectivity index is 1.77. The number of benzene rings is 1. The highest BCUT2D eigenvalue weighted by Crippen LogP contribution is 2.19. The molecule has 1 saturated heterocycles. The molecule has 7 heteroatoms. The van der Waals surface area contributed by atoms with Gasteiger partial charge in [-0.1, -0.05) is 18.2 Å². The molecule has 0 spiro atoms. The van der Waals surface area contributed by atoms with Gasteiger partial charge in [-0.05, 0) is 44.7 Å². The van der Waals surface area contributed by atoms with Crippen molar-refractivity contribution in [2.45, 2.75) is 46.1 Å². The summed E-state index contributed by atoms with van der Waals surface area (Å²) < 4.78 is 4.97. The quantitative estimate of drug-likeness (QED) is 0.788. The van der Waals surface area contributed by atoms with E-state index in [0.29, 0.717) is 32.5 Å². The monoisotopic (exact) mass is 361 g/mol. The molecule has 1 heterocycles. The molecule has 2 rings (SSSR count). The Labute approximate surface area is 154 Å². The Morgan fingerprint density at radius 3 is 2.31 bits per heavy atom. The first-order valence-corrected chi connectivity index (χ1v) is 8.97. The van der Waals surface area contributed by atoms with Crippen LogP contribution in [0.2, 0.25) is 0 Å². The van der Waals surface area contributed by atoms with Crippen LogP contribution in [0.25, 0.3) is 0 Å². The number of hydrogen-bond acceptors (Lipinski definition) is 4. The molecule has 26 heavy (non-hydrogen) atoms. The highest BCUT2D eigenvalue weighted by atomic mass is 16.6. The summed E-state index contributed by atoms with van der Waals surface area (Å²) in [6.45, 7) is 7.04. The molecule has 7 nitrogen and oxygen atoms in total. The fourth-order valence-electron chi connectivity index (χ4n) is 3.04. The van der Waals surface area contributed by atoms with Crippen LogP contribution in [0.1, 0.15) is 37.3 Å². The number of rotatable bonds is 5. The van der Waals surface area contributed by atoms with E-state index >= 15 is 0 Å². The molecule has 0 bridgehead atoms. The van der Waals surface area contributed by atoms with Gasteiger partial charge < -0.3 is 20.3 Å². The van der Waals surface area contributed by atoms with E-state index in [4.69, 9.17) is 4.74 Å². The lowest BCUT2D eigenvalue weighted by atomic mass is 10.1. The number of likely N-dealkylation sites (tertiary alicyclic amines) is 1. The molecule has 1 aliphatic rings. The molecule has 0 unspecified atom stereocenters. The van der Waals surface area contributed by atoms with Gasteiger partial charge in [-0.2, -0.15) is 0 Å². The lowest BCUT2D eigenvalue weighted by Gasteiger charge is -2.31. The molecule has 0 saturated carbocycles. The molecule has 1 aliphatic heterocycles. The summed E-state index contributed by atoms with van der Waals surface area (Å²) in [6.07, 6.45) is 0.781. The summed E-state index contributed by atoms with van der Waals surface area (Å²) in [4.78, 5) is 37.6. The first-order valence-electron chi connectivity index (χ1n) is 8.97. The van der Waals surface area contributed by atoms with Gasteiger partial charge in [0.05, 0.1) is 6.61 Å². The van der Waals surface area contributed by atoms with Crippen molar-refractivity contribution in [2.75, 3.05) is 25.0 Å². The maximum Gasteiger partial charge on any atom is 0.409 e. The third-order valence-corrected chi connectivity index (χ3v) is 4.45. The number of nitrogens with zero attached hydrogens (tertiary/aromatic N) is 1. The van der Waals surface area contributed by atoms with E-state index in [1.54, 1.807) is 11.8 Å². The van der Waals surface area contributed by atoms with Gasteiger partial charge in [0.2, 0.25) is 11.8 Å². The number of piperidine rings is 1. The molecular formula is C19H27N3O4. The van der Waals surface area contributed by atoms with Crippen LogP contribution < -0.4 is 10.6 Å². The molecule has 0 aliphatic carbocycles. The van der Waals surface area contributed by atoms with E-state index < -0.39 is 0 Å². The molecule has 1 aromatic carbocycles. The number of carbonyl (C=O) groups is 3. The second-order valence-electron chi connectivity index (χ2n) is 6.52. The van der Waals surface area contributed by atoms with Gasteiger partial charge in [-0.3, -0.25) is 9.59 Å². The largest absolute Gasteiger partial charge is 0.450 e. The number of hydrogen-bond donors (Lipinski definition) is 2. The average molecular weight is 361 g/mol. The zero-order valence-corrected chi connectivity index (χ0v) is 15.6. The van der Waals surface area contributed by atoms with E-state index in [2.05, 4.69) is 10.6 Å². The number of amides is 3. The molecule has 2 N–H and O–H groups in total. The summed E-state index contributed by atoms with van der Waals surface area (Å²) in [6, 6.07) is 5.73. The maximum atomic E-state index is 12.1. The highest BCUT2D eigenvalue weighted by Gasteiger charge is 2.25. The molecule has 1 fully saturated rings.